The summed E-state index contributed by atoms with van der Waals surface area (Å²) in [6.07, 6.45) is 1.53. The lowest BCUT2D eigenvalue weighted by molar-refractivity contribution is 0.0701. The summed E-state index contributed by atoms with van der Waals surface area (Å²) in [5.74, 6) is -0.351. The zero-order valence-corrected chi connectivity index (χ0v) is 15.5. The van der Waals surface area contributed by atoms with Crippen LogP contribution < -0.4 is 5.43 Å². The van der Waals surface area contributed by atoms with Crippen LogP contribution in [0.3, 0.4) is 0 Å². The molecule has 0 saturated carbocycles. The SMILES string of the molecule is Cc1ccc(C2c3c(oc4ccc(F)cc4c3=O)C(=O)N2Cc2ccco2)cc1. The Morgan fingerprint density at radius 2 is 1.86 bits per heavy atom. The molecule has 5 rings (SSSR count). The molecule has 0 aliphatic carbocycles. The number of fused-ring (bicyclic) bond motifs is 2. The van der Waals surface area contributed by atoms with E-state index >= 15 is 0 Å². The number of furan rings is 1. The van der Waals surface area contributed by atoms with Crippen LogP contribution in [-0.2, 0) is 6.54 Å². The Morgan fingerprint density at radius 1 is 1.07 bits per heavy atom. The second-order valence-electron chi connectivity index (χ2n) is 7.14. The van der Waals surface area contributed by atoms with Gasteiger partial charge in [-0.05, 0) is 42.8 Å². The first-order valence-electron chi connectivity index (χ1n) is 9.19. The monoisotopic (exact) mass is 389 g/mol. The van der Waals surface area contributed by atoms with Gasteiger partial charge in [0.2, 0.25) is 5.76 Å². The Balaban J connectivity index is 1.75. The van der Waals surface area contributed by atoms with E-state index in [1.54, 1.807) is 17.0 Å². The van der Waals surface area contributed by atoms with Gasteiger partial charge >= 0.3 is 0 Å². The maximum Gasteiger partial charge on any atom is 0.291 e. The van der Waals surface area contributed by atoms with E-state index in [1.807, 2.05) is 31.2 Å². The summed E-state index contributed by atoms with van der Waals surface area (Å²) >= 11 is 0. The van der Waals surface area contributed by atoms with Crippen LogP contribution in [0.25, 0.3) is 11.0 Å². The van der Waals surface area contributed by atoms with Gasteiger partial charge in [-0.3, -0.25) is 9.59 Å². The summed E-state index contributed by atoms with van der Waals surface area (Å²) in [5, 5.41) is 0.119. The fourth-order valence-corrected chi connectivity index (χ4v) is 3.82. The van der Waals surface area contributed by atoms with Crippen molar-refractivity contribution in [3.8, 4) is 0 Å². The second-order valence-corrected chi connectivity index (χ2v) is 7.14. The van der Waals surface area contributed by atoms with E-state index in [0.717, 1.165) is 17.2 Å². The van der Waals surface area contributed by atoms with E-state index in [9.17, 15) is 14.0 Å². The van der Waals surface area contributed by atoms with Crippen molar-refractivity contribution in [3.63, 3.8) is 0 Å². The van der Waals surface area contributed by atoms with Crippen LogP contribution in [-0.4, -0.2) is 10.8 Å². The molecule has 3 heterocycles. The van der Waals surface area contributed by atoms with Crippen molar-refractivity contribution in [2.45, 2.75) is 19.5 Å². The molecule has 0 fully saturated rings. The highest BCUT2D eigenvalue weighted by Gasteiger charge is 2.43. The van der Waals surface area contributed by atoms with Crippen molar-refractivity contribution in [3.05, 3.63) is 105 Å². The van der Waals surface area contributed by atoms with E-state index < -0.39 is 23.2 Å². The van der Waals surface area contributed by atoms with Crippen molar-refractivity contribution in [1.82, 2.24) is 4.90 Å². The molecular weight excluding hydrogens is 373 g/mol. The molecule has 0 spiro atoms. The molecule has 144 valence electrons. The molecule has 5 nitrogen and oxygen atoms in total. The van der Waals surface area contributed by atoms with Crippen LogP contribution in [0, 0.1) is 12.7 Å². The van der Waals surface area contributed by atoms with Crippen LogP contribution in [0.15, 0.2) is 74.5 Å². The average Bonchev–Trinajstić information content (AvgIpc) is 3.32. The third-order valence-electron chi connectivity index (χ3n) is 5.23. The Labute approximate surface area is 165 Å². The molecule has 2 aromatic heterocycles. The maximum atomic E-state index is 13.8. The van der Waals surface area contributed by atoms with Gasteiger partial charge < -0.3 is 13.7 Å². The molecular formula is C23H16FNO4. The quantitative estimate of drug-likeness (QED) is 0.515. The Morgan fingerprint density at radius 3 is 2.59 bits per heavy atom. The largest absolute Gasteiger partial charge is 0.467 e. The van der Waals surface area contributed by atoms with E-state index in [-0.39, 0.29) is 28.8 Å². The highest BCUT2D eigenvalue weighted by molar-refractivity contribution is 5.99. The molecule has 0 bridgehead atoms. The van der Waals surface area contributed by atoms with Crippen LogP contribution in [0.1, 0.15) is 39.0 Å². The lowest BCUT2D eigenvalue weighted by Gasteiger charge is -2.24. The van der Waals surface area contributed by atoms with Crippen LogP contribution in [0.2, 0.25) is 0 Å². The number of aryl methyl sites for hydroxylation is 1. The number of rotatable bonds is 3. The zero-order valence-electron chi connectivity index (χ0n) is 15.5. The standard InChI is InChI=1S/C23H16FNO4/c1-13-4-6-14(7-5-13)20-19-21(26)17-11-15(24)8-9-18(17)29-22(19)23(27)25(20)12-16-3-2-10-28-16/h2-11,20H,12H2,1H3. The highest BCUT2D eigenvalue weighted by atomic mass is 19.1. The van der Waals surface area contributed by atoms with Gasteiger partial charge in [0.15, 0.2) is 5.43 Å². The van der Waals surface area contributed by atoms with Gasteiger partial charge in [-0.15, -0.1) is 0 Å². The first kappa shape index (κ1) is 17.4. The Kier molecular flexibility index (Phi) is 3.87. The van der Waals surface area contributed by atoms with E-state index in [1.165, 1.54) is 18.4 Å². The maximum absolute atomic E-state index is 13.8. The molecule has 1 aliphatic rings. The van der Waals surface area contributed by atoms with Crippen LogP contribution >= 0.6 is 0 Å². The summed E-state index contributed by atoms with van der Waals surface area (Å²) in [7, 11) is 0. The minimum Gasteiger partial charge on any atom is -0.467 e. The van der Waals surface area contributed by atoms with Crippen molar-refractivity contribution < 1.29 is 18.0 Å². The number of hydrogen-bond acceptors (Lipinski definition) is 4. The molecule has 1 unspecified atom stereocenters. The van der Waals surface area contributed by atoms with Crippen molar-refractivity contribution in [2.75, 3.05) is 0 Å². The predicted molar refractivity (Wildman–Crippen MR) is 104 cm³/mol. The number of benzene rings is 2. The summed E-state index contributed by atoms with van der Waals surface area (Å²) in [6, 6.07) is 14.2. The molecule has 6 heteroatoms. The van der Waals surface area contributed by atoms with Crippen molar-refractivity contribution >= 4 is 16.9 Å². The summed E-state index contributed by atoms with van der Waals surface area (Å²) < 4.78 is 25.0. The van der Waals surface area contributed by atoms with Gasteiger partial charge in [0.25, 0.3) is 5.91 Å². The van der Waals surface area contributed by atoms with Gasteiger partial charge in [0.1, 0.15) is 17.2 Å². The summed E-state index contributed by atoms with van der Waals surface area (Å²) in [5.41, 5.74) is 1.84. The average molecular weight is 389 g/mol. The molecule has 4 aromatic rings. The predicted octanol–water partition coefficient (Wildman–Crippen LogP) is 4.58. The van der Waals surface area contributed by atoms with E-state index in [0.29, 0.717) is 5.76 Å². The fourth-order valence-electron chi connectivity index (χ4n) is 3.82. The van der Waals surface area contributed by atoms with Gasteiger partial charge in [-0.1, -0.05) is 29.8 Å². The normalized spacial score (nSPS) is 15.9. The molecule has 1 amide bonds. The smallest absolute Gasteiger partial charge is 0.291 e. The van der Waals surface area contributed by atoms with E-state index in [4.69, 9.17) is 8.83 Å². The third-order valence-corrected chi connectivity index (χ3v) is 5.23. The van der Waals surface area contributed by atoms with Gasteiger partial charge in [0.05, 0.1) is 29.8 Å². The Hall–Kier alpha value is -3.67. The summed E-state index contributed by atoms with van der Waals surface area (Å²) in [4.78, 5) is 28.1. The molecule has 1 aliphatic heterocycles. The second kappa shape index (κ2) is 6.44. The number of amides is 1. The van der Waals surface area contributed by atoms with Gasteiger partial charge in [-0.25, -0.2) is 4.39 Å². The van der Waals surface area contributed by atoms with Crippen LogP contribution in [0.5, 0.6) is 0 Å². The lowest BCUT2D eigenvalue weighted by Crippen LogP contribution is -2.29. The van der Waals surface area contributed by atoms with Crippen LogP contribution in [0.4, 0.5) is 4.39 Å². The molecule has 1 atom stereocenters. The van der Waals surface area contributed by atoms with Gasteiger partial charge in [-0.2, -0.15) is 0 Å². The number of carbonyl (C=O) groups is 1. The molecule has 0 N–H and O–H groups in total. The minimum atomic E-state index is -0.646. The number of carbonyl (C=O) groups excluding carboxylic acids is 1. The number of nitrogens with zero attached hydrogens (tertiary/aromatic N) is 1. The van der Waals surface area contributed by atoms with Gasteiger partial charge in [0, 0.05) is 0 Å². The highest BCUT2D eigenvalue weighted by Crippen LogP contribution is 2.39. The fraction of sp³-hybridized carbons (Fsp3) is 0.130. The first-order valence-corrected chi connectivity index (χ1v) is 9.19. The number of halogens is 1. The number of hydrogen-bond donors (Lipinski definition) is 0. The summed E-state index contributed by atoms with van der Waals surface area (Å²) in [6.45, 7) is 2.14. The minimum absolute atomic E-state index is 0.00811. The third kappa shape index (κ3) is 2.76. The molecule has 2 aromatic carbocycles. The van der Waals surface area contributed by atoms with Crippen molar-refractivity contribution in [2.24, 2.45) is 0 Å². The zero-order chi connectivity index (χ0) is 20.1. The molecule has 0 radical (unpaired) electrons. The first-order chi connectivity index (χ1) is 14.0. The lowest BCUT2D eigenvalue weighted by atomic mass is 9.97. The Bertz CT molecular complexity index is 1290. The van der Waals surface area contributed by atoms with Crippen molar-refractivity contribution in [1.29, 1.82) is 0 Å². The molecule has 0 saturated heterocycles. The topological polar surface area (TPSA) is 63.7 Å². The molecule has 29 heavy (non-hydrogen) atoms. The van der Waals surface area contributed by atoms with E-state index in [2.05, 4.69) is 0 Å².